The summed E-state index contributed by atoms with van der Waals surface area (Å²) < 4.78 is 25.4. The summed E-state index contributed by atoms with van der Waals surface area (Å²) >= 11 is 17.5. The summed E-state index contributed by atoms with van der Waals surface area (Å²) in [6.07, 6.45) is 1.71. The molecule has 8 nitrogen and oxygen atoms in total. The van der Waals surface area contributed by atoms with Crippen LogP contribution >= 0.6 is 50.5 Å². The molecule has 0 spiro atoms. The topological polar surface area (TPSA) is 88.4 Å². The molecule has 0 saturated carbocycles. The van der Waals surface area contributed by atoms with Gasteiger partial charge in [-0.2, -0.15) is 0 Å². The van der Waals surface area contributed by atoms with E-state index in [0.717, 1.165) is 5.56 Å². The molecule has 0 radical (unpaired) electrons. The molecule has 12 heteroatoms. The molecule has 0 unspecified atom stereocenters. The molecule has 5 rings (SSSR count). The normalized spacial score (nSPS) is 14.6. The standard InChI is InChI=1S/C33H29BrCl2N2O6S/c1-5-42-27-16-23(34)22(15-26(27)41-4)30-29(32(40)43-6-2)18(3)37-33-38(30)31(39)28(45-33)14-20-13-21(35)11-12-25(20)44-17-19-9-7-8-10-24(19)36/h7-16,30H,5-6,17H2,1-4H3/b28-14+/t30-/m0/s1. The van der Waals surface area contributed by atoms with Crippen molar-refractivity contribution in [2.24, 2.45) is 4.99 Å². The fourth-order valence-corrected chi connectivity index (χ4v) is 6.90. The number of halogens is 3. The minimum Gasteiger partial charge on any atom is -0.493 e. The lowest BCUT2D eigenvalue weighted by molar-refractivity contribution is -0.139. The molecule has 1 aromatic heterocycles. The van der Waals surface area contributed by atoms with Gasteiger partial charge in [0.2, 0.25) is 0 Å². The van der Waals surface area contributed by atoms with Crippen molar-refractivity contribution in [2.45, 2.75) is 33.4 Å². The Balaban J connectivity index is 1.67. The lowest BCUT2D eigenvalue weighted by atomic mass is 9.95. The largest absolute Gasteiger partial charge is 0.493 e. The van der Waals surface area contributed by atoms with Crippen molar-refractivity contribution in [2.75, 3.05) is 20.3 Å². The van der Waals surface area contributed by atoms with E-state index in [2.05, 4.69) is 20.9 Å². The predicted molar refractivity (Wildman–Crippen MR) is 179 cm³/mol. The third-order valence-corrected chi connectivity index (χ3v) is 9.27. The van der Waals surface area contributed by atoms with Crippen molar-refractivity contribution in [3.63, 3.8) is 0 Å². The summed E-state index contributed by atoms with van der Waals surface area (Å²) in [6.45, 7) is 6.14. The van der Waals surface area contributed by atoms with Crippen LogP contribution in [0, 0.1) is 0 Å². The van der Waals surface area contributed by atoms with Crippen LogP contribution in [0.5, 0.6) is 17.2 Å². The second-order valence-corrected chi connectivity index (χ2v) is 12.5. The molecule has 0 fully saturated rings. The Morgan fingerprint density at radius 2 is 1.82 bits per heavy atom. The van der Waals surface area contributed by atoms with E-state index < -0.39 is 12.0 Å². The monoisotopic (exact) mass is 730 g/mol. The van der Waals surface area contributed by atoms with E-state index in [0.29, 0.717) is 64.5 Å². The summed E-state index contributed by atoms with van der Waals surface area (Å²) in [5.41, 5.74) is 2.35. The zero-order valence-corrected chi connectivity index (χ0v) is 28.8. The SMILES string of the molecule is CCOC(=O)C1=C(C)N=c2s/c(=C/c3cc(Cl)ccc3OCc3ccccc3Cl)c(=O)n2[C@H]1c1cc(OC)c(OCC)cc1Br. The second-order valence-electron chi connectivity index (χ2n) is 9.82. The molecule has 3 aromatic carbocycles. The first kappa shape index (κ1) is 32.8. The number of methoxy groups -OCH3 is 1. The van der Waals surface area contributed by atoms with Gasteiger partial charge < -0.3 is 18.9 Å². The number of rotatable bonds is 10. The Kier molecular flexibility index (Phi) is 10.4. The Morgan fingerprint density at radius 3 is 2.53 bits per heavy atom. The van der Waals surface area contributed by atoms with Crippen LogP contribution in [0.3, 0.4) is 0 Å². The van der Waals surface area contributed by atoms with Crippen LogP contribution in [-0.4, -0.2) is 30.9 Å². The van der Waals surface area contributed by atoms with Gasteiger partial charge in [0.25, 0.3) is 5.56 Å². The van der Waals surface area contributed by atoms with Gasteiger partial charge in [0, 0.05) is 25.6 Å². The average molecular weight is 732 g/mol. The van der Waals surface area contributed by atoms with Gasteiger partial charge in [-0.05, 0) is 68.8 Å². The van der Waals surface area contributed by atoms with E-state index >= 15 is 0 Å². The van der Waals surface area contributed by atoms with Gasteiger partial charge in [-0.3, -0.25) is 9.36 Å². The maximum Gasteiger partial charge on any atom is 0.338 e. The summed E-state index contributed by atoms with van der Waals surface area (Å²) in [4.78, 5) is 32.7. The van der Waals surface area contributed by atoms with Gasteiger partial charge in [-0.15, -0.1) is 0 Å². The quantitative estimate of drug-likeness (QED) is 0.166. The smallest absolute Gasteiger partial charge is 0.338 e. The highest BCUT2D eigenvalue weighted by molar-refractivity contribution is 9.10. The van der Waals surface area contributed by atoms with Crippen molar-refractivity contribution in [1.29, 1.82) is 0 Å². The maximum atomic E-state index is 14.2. The molecule has 1 aliphatic heterocycles. The minimum absolute atomic E-state index is 0.159. The van der Waals surface area contributed by atoms with Gasteiger partial charge in [0.1, 0.15) is 12.4 Å². The van der Waals surface area contributed by atoms with Crippen LogP contribution in [0.1, 0.15) is 43.5 Å². The second kappa shape index (κ2) is 14.2. The van der Waals surface area contributed by atoms with Gasteiger partial charge in [0.05, 0.1) is 42.2 Å². The van der Waals surface area contributed by atoms with E-state index in [9.17, 15) is 9.59 Å². The Hall–Kier alpha value is -3.57. The Morgan fingerprint density at radius 1 is 1.04 bits per heavy atom. The van der Waals surface area contributed by atoms with Crippen molar-refractivity contribution in [3.8, 4) is 17.2 Å². The Labute approximate surface area is 282 Å². The maximum absolute atomic E-state index is 14.2. The van der Waals surface area contributed by atoms with Crippen molar-refractivity contribution in [1.82, 2.24) is 4.57 Å². The number of nitrogens with zero attached hydrogens (tertiary/aromatic N) is 2. The number of allylic oxidation sites excluding steroid dienone is 1. The van der Waals surface area contributed by atoms with Crippen LogP contribution in [0.2, 0.25) is 10.0 Å². The molecule has 1 aliphatic rings. The van der Waals surface area contributed by atoms with Crippen LogP contribution < -0.4 is 29.1 Å². The number of hydrogen-bond donors (Lipinski definition) is 0. The molecule has 0 amide bonds. The number of benzene rings is 3. The molecule has 0 aliphatic carbocycles. The van der Waals surface area contributed by atoms with E-state index in [-0.39, 0.29) is 24.3 Å². The van der Waals surface area contributed by atoms with Crippen LogP contribution in [0.4, 0.5) is 0 Å². The number of carbonyl (C=O) groups is 1. The molecule has 1 atom stereocenters. The molecule has 0 N–H and O–H groups in total. The highest BCUT2D eigenvalue weighted by atomic mass is 79.9. The van der Waals surface area contributed by atoms with Crippen molar-refractivity contribution >= 4 is 62.5 Å². The molecule has 234 valence electrons. The number of aromatic nitrogens is 1. The minimum atomic E-state index is -0.864. The number of thiazole rings is 1. The van der Waals surface area contributed by atoms with E-state index in [4.69, 9.17) is 42.1 Å². The Bertz CT molecular complexity index is 1990. The molecule has 0 saturated heterocycles. The molecular formula is C33H29BrCl2N2O6S. The first-order valence-electron chi connectivity index (χ1n) is 14.0. The van der Waals surface area contributed by atoms with Gasteiger partial charge in [0.15, 0.2) is 16.3 Å². The molecule has 0 bridgehead atoms. The van der Waals surface area contributed by atoms with E-state index in [1.54, 1.807) is 56.3 Å². The highest BCUT2D eigenvalue weighted by Gasteiger charge is 2.35. The molecule has 4 aromatic rings. The highest BCUT2D eigenvalue weighted by Crippen LogP contribution is 2.41. The van der Waals surface area contributed by atoms with Crippen molar-refractivity contribution < 1.29 is 23.7 Å². The number of fused-ring (bicyclic) bond motifs is 1. The summed E-state index contributed by atoms with van der Waals surface area (Å²) in [7, 11) is 1.53. The predicted octanol–water partition coefficient (Wildman–Crippen LogP) is 6.85. The third-order valence-electron chi connectivity index (χ3n) is 6.99. The molecular weight excluding hydrogens is 703 g/mol. The molecule has 45 heavy (non-hydrogen) atoms. The van der Waals surface area contributed by atoms with Gasteiger partial charge >= 0.3 is 5.97 Å². The fraction of sp³-hybridized carbons (Fsp3) is 0.242. The molecule has 2 heterocycles. The first-order chi connectivity index (χ1) is 21.7. The van der Waals surface area contributed by atoms with Crippen LogP contribution in [0.25, 0.3) is 6.08 Å². The fourth-order valence-electron chi connectivity index (χ4n) is 4.95. The third kappa shape index (κ3) is 6.84. The lowest BCUT2D eigenvalue weighted by Gasteiger charge is -2.26. The van der Waals surface area contributed by atoms with Crippen LogP contribution in [0.15, 0.2) is 80.1 Å². The van der Waals surface area contributed by atoms with Crippen molar-refractivity contribution in [3.05, 3.63) is 117 Å². The van der Waals surface area contributed by atoms with Gasteiger partial charge in [-0.1, -0.05) is 68.7 Å². The summed E-state index contributed by atoms with van der Waals surface area (Å²) in [5, 5.41) is 1.06. The van der Waals surface area contributed by atoms with Gasteiger partial charge in [-0.25, -0.2) is 9.79 Å². The first-order valence-corrected chi connectivity index (χ1v) is 16.4. The van der Waals surface area contributed by atoms with Crippen LogP contribution in [-0.2, 0) is 16.1 Å². The zero-order chi connectivity index (χ0) is 32.2. The number of esters is 1. The summed E-state index contributed by atoms with van der Waals surface area (Å²) in [5.74, 6) is 0.924. The van der Waals surface area contributed by atoms with E-state index in [1.807, 2.05) is 25.1 Å². The number of hydrogen-bond acceptors (Lipinski definition) is 8. The zero-order valence-electron chi connectivity index (χ0n) is 24.9. The number of carbonyl (C=O) groups excluding carboxylic acids is 1. The van der Waals surface area contributed by atoms with E-state index in [1.165, 1.54) is 23.0 Å². The summed E-state index contributed by atoms with van der Waals surface area (Å²) in [6, 6.07) is 15.3. The lowest BCUT2D eigenvalue weighted by Crippen LogP contribution is -2.40. The average Bonchev–Trinajstić information content (AvgIpc) is 3.31. The number of ether oxygens (including phenoxy) is 4.